The molecule has 0 bridgehead atoms. The quantitative estimate of drug-likeness (QED) is 0.474. The largest absolute Gasteiger partial charge is 0.320 e. The van der Waals surface area contributed by atoms with Crippen LogP contribution < -0.4 is 4.72 Å². The van der Waals surface area contributed by atoms with Crippen molar-refractivity contribution in [1.29, 1.82) is 0 Å². The molecule has 1 amide bonds. The van der Waals surface area contributed by atoms with Gasteiger partial charge >= 0.3 is 0 Å². The van der Waals surface area contributed by atoms with Crippen molar-refractivity contribution in [3.63, 3.8) is 0 Å². The van der Waals surface area contributed by atoms with Crippen molar-refractivity contribution in [2.24, 2.45) is 0 Å². The average Bonchev–Trinajstić information content (AvgIpc) is 3.05. The third kappa shape index (κ3) is 5.26. The standard InChI is InChI=1S/C23H23ClN3O4S/c1-3-4-9-22-25-23(24)20(15-28)27(22)14-17-10-12-18(13-11-17)19-7-5-6-8-21(19)32(30,31)26-16(2)29/h5-8,10-13,15H,2-4,9,14H2,1H3,(H,26,29). The number of hydrogen-bond donors (Lipinski definition) is 1. The van der Waals surface area contributed by atoms with Crippen molar-refractivity contribution in [2.75, 3.05) is 0 Å². The van der Waals surface area contributed by atoms with Crippen molar-refractivity contribution in [3.05, 3.63) is 77.7 Å². The summed E-state index contributed by atoms with van der Waals surface area (Å²) in [6.45, 7) is 5.56. The number of halogens is 1. The van der Waals surface area contributed by atoms with Gasteiger partial charge in [0.25, 0.3) is 10.0 Å². The molecule has 0 unspecified atom stereocenters. The molecule has 0 aliphatic rings. The predicted molar refractivity (Wildman–Crippen MR) is 123 cm³/mol. The Kier molecular flexibility index (Phi) is 7.48. The molecule has 1 aromatic heterocycles. The van der Waals surface area contributed by atoms with E-state index < -0.39 is 15.9 Å². The number of nitrogens with zero attached hydrogens (tertiary/aromatic N) is 2. The van der Waals surface area contributed by atoms with Crippen LogP contribution >= 0.6 is 11.6 Å². The van der Waals surface area contributed by atoms with E-state index in [2.05, 4.69) is 18.8 Å². The fraction of sp³-hybridized carbons (Fsp3) is 0.217. The number of nitrogens with one attached hydrogen (secondary N) is 1. The Morgan fingerprint density at radius 3 is 2.50 bits per heavy atom. The zero-order chi connectivity index (χ0) is 23.3. The Bertz CT molecular complexity index is 1230. The van der Waals surface area contributed by atoms with E-state index in [1.807, 2.05) is 21.4 Å². The molecule has 32 heavy (non-hydrogen) atoms. The van der Waals surface area contributed by atoms with E-state index in [9.17, 15) is 18.0 Å². The number of rotatable bonds is 9. The zero-order valence-corrected chi connectivity index (χ0v) is 19.1. The minimum absolute atomic E-state index is 0.0174. The van der Waals surface area contributed by atoms with Gasteiger partial charge in [-0.25, -0.2) is 18.1 Å². The van der Waals surface area contributed by atoms with Gasteiger partial charge in [-0.3, -0.25) is 9.59 Å². The van der Waals surface area contributed by atoms with E-state index in [1.165, 1.54) is 6.07 Å². The number of carbonyl (C=O) groups is 2. The Hall–Kier alpha value is -2.97. The lowest BCUT2D eigenvalue weighted by atomic mass is 10.0. The minimum Gasteiger partial charge on any atom is -0.320 e. The number of aldehydes is 1. The lowest BCUT2D eigenvalue weighted by Gasteiger charge is -2.13. The highest BCUT2D eigenvalue weighted by Crippen LogP contribution is 2.28. The highest BCUT2D eigenvalue weighted by atomic mass is 35.5. The van der Waals surface area contributed by atoms with Crippen LogP contribution in [0.4, 0.5) is 0 Å². The first-order chi connectivity index (χ1) is 15.3. The number of benzene rings is 2. The third-order valence-corrected chi connectivity index (χ3v) is 6.65. The van der Waals surface area contributed by atoms with E-state index in [4.69, 9.17) is 11.6 Å². The minimum atomic E-state index is -4.05. The summed E-state index contributed by atoms with van der Waals surface area (Å²) in [5.41, 5.74) is 2.35. The zero-order valence-electron chi connectivity index (χ0n) is 17.5. The molecule has 0 aliphatic carbocycles. The molecule has 2 aromatic carbocycles. The maximum absolute atomic E-state index is 12.5. The molecule has 0 aliphatic heterocycles. The molecule has 7 nitrogen and oxygen atoms in total. The summed E-state index contributed by atoms with van der Waals surface area (Å²) in [4.78, 5) is 27.1. The van der Waals surface area contributed by atoms with Gasteiger partial charge in [0.15, 0.2) is 11.4 Å². The van der Waals surface area contributed by atoms with Crippen molar-refractivity contribution < 1.29 is 18.0 Å². The molecule has 1 heterocycles. The van der Waals surface area contributed by atoms with Crippen LogP contribution in [0.3, 0.4) is 0 Å². The Labute approximate surface area is 192 Å². The number of aromatic nitrogens is 2. The second kappa shape index (κ2) is 10.1. The summed E-state index contributed by atoms with van der Waals surface area (Å²) in [5, 5.41) is 0.189. The maximum atomic E-state index is 12.5. The van der Waals surface area contributed by atoms with Crippen LogP contribution in [-0.4, -0.2) is 30.2 Å². The molecular formula is C23H23ClN3O4S. The molecule has 0 spiro atoms. The van der Waals surface area contributed by atoms with Gasteiger partial charge in [0.2, 0.25) is 5.91 Å². The third-order valence-electron chi connectivity index (χ3n) is 4.94. The first-order valence-electron chi connectivity index (χ1n) is 10.0. The summed E-state index contributed by atoms with van der Waals surface area (Å²) in [5.74, 6) is -0.151. The van der Waals surface area contributed by atoms with Crippen LogP contribution in [0.1, 0.15) is 41.6 Å². The van der Waals surface area contributed by atoms with E-state index in [0.717, 1.165) is 24.2 Å². The second-order valence-electron chi connectivity index (χ2n) is 7.23. The molecule has 3 rings (SSSR count). The van der Waals surface area contributed by atoms with Crippen molar-refractivity contribution in [1.82, 2.24) is 14.3 Å². The summed E-state index contributed by atoms with van der Waals surface area (Å²) in [6.07, 6.45) is 3.34. The van der Waals surface area contributed by atoms with Gasteiger partial charge in [-0.2, -0.15) is 0 Å². The fourth-order valence-corrected chi connectivity index (χ4v) is 4.80. The Balaban J connectivity index is 1.93. The van der Waals surface area contributed by atoms with E-state index in [1.54, 1.807) is 30.3 Å². The summed E-state index contributed by atoms with van der Waals surface area (Å²) in [7, 11) is -4.05. The number of sulfonamides is 1. The van der Waals surface area contributed by atoms with Crippen molar-refractivity contribution >= 4 is 33.8 Å². The van der Waals surface area contributed by atoms with E-state index in [-0.39, 0.29) is 10.0 Å². The van der Waals surface area contributed by atoms with Gasteiger partial charge < -0.3 is 4.57 Å². The molecule has 0 saturated carbocycles. The van der Waals surface area contributed by atoms with Gasteiger partial charge in [-0.15, -0.1) is 0 Å². The van der Waals surface area contributed by atoms with E-state index in [0.29, 0.717) is 36.1 Å². The smallest absolute Gasteiger partial charge is 0.264 e. The topological polar surface area (TPSA) is 98.1 Å². The van der Waals surface area contributed by atoms with Gasteiger partial charge in [0.05, 0.1) is 4.90 Å². The highest BCUT2D eigenvalue weighted by molar-refractivity contribution is 7.90. The van der Waals surface area contributed by atoms with Crippen molar-refractivity contribution in [2.45, 2.75) is 37.6 Å². The number of unbranched alkanes of at least 4 members (excludes halogenated alkanes) is 1. The number of imidazole rings is 1. The molecule has 3 aromatic rings. The lowest BCUT2D eigenvalue weighted by Crippen LogP contribution is -2.28. The van der Waals surface area contributed by atoms with Gasteiger partial charge in [-0.1, -0.05) is 67.4 Å². The normalized spacial score (nSPS) is 11.3. The highest BCUT2D eigenvalue weighted by Gasteiger charge is 2.20. The summed E-state index contributed by atoms with van der Waals surface area (Å²) in [6, 6.07) is 13.7. The van der Waals surface area contributed by atoms with Crippen LogP contribution in [0.15, 0.2) is 53.4 Å². The van der Waals surface area contributed by atoms with Crippen LogP contribution in [0, 0.1) is 6.92 Å². The molecule has 0 atom stereocenters. The van der Waals surface area contributed by atoms with Gasteiger partial charge in [0.1, 0.15) is 11.5 Å². The maximum Gasteiger partial charge on any atom is 0.264 e. The Morgan fingerprint density at radius 2 is 1.88 bits per heavy atom. The fourth-order valence-electron chi connectivity index (χ4n) is 3.41. The van der Waals surface area contributed by atoms with Crippen molar-refractivity contribution in [3.8, 4) is 11.1 Å². The number of aryl methyl sites for hydroxylation is 1. The molecule has 1 N–H and O–H groups in total. The first-order valence-corrected chi connectivity index (χ1v) is 11.9. The lowest BCUT2D eigenvalue weighted by molar-refractivity contribution is -0.115. The molecule has 1 radical (unpaired) electrons. The Morgan fingerprint density at radius 1 is 1.19 bits per heavy atom. The molecule has 167 valence electrons. The van der Waals surface area contributed by atoms with Gasteiger partial charge in [0, 0.05) is 25.5 Å². The number of carbonyl (C=O) groups excluding carboxylic acids is 2. The van der Waals surface area contributed by atoms with Crippen LogP contribution in [0.25, 0.3) is 11.1 Å². The molecule has 9 heteroatoms. The summed E-state index contributed by atoms with van der Waals surface area (Å²) >= 11 is 6.14. The second-order valence-corrected chi connectivity index (χ2v) is 9.24. The predicted octanol–water partition coefficient (Wildman–Crippen LogP) is 4.05. The SMILES string of the molecule is [CH2]C(=O)NS(=O)(=O)c1ccccc1-c1ccc(Cn2c(CCCC)nc(Cl)c2C=O)cc1. The van der Waals surface area contributed by atoms with Crippen LogP contribution in [-0.2, 0) is 27.8 Å². The molecule has 0 fully saturated rings. The van der Waals surface area contributed by atoms with Crippen LogP contribution in [0.2, 0.25) is 5.15 Å². The number of amides is 1. The average molecular weight is 473 g/mol. The van der Waals surface area contributed by atoms with Crippen LogP contribution in [0.5, 0.6) is 0 Å². The van der Waals surface area contributed by atoms with Gasteiger partial charge in [-0.05, 0) is 23.6 Å². The molecular weight excluding hydrogens is 450 g/mol. The monoisotopic (exact) mass is 472 g/mol. The number of hydrogen-bond acceptors (Lipinski definition) is 5. The molecule has 0 saturated heterocycles. The summed E-state index contributed by atoms with van der Waals surface area (Å²) < 4.78 is 28.7. The van der Waals surface area contributed by atoms with E-state index >= 15 is 0 Å². The first kappa shape index (κ1) is 23.7.